The van der Waals surface area contributed by atoms with Crippen LogP contribution in [0.5, 0.6) is 0 Å². The zero-order valence-corrected chi connectivity index (χ0v) is 12.2. The smallest absolute Gasteiger partial charge is 0.133 e. The SMILES string of the molecule is C[C@@H]1CC[C@]23[C@H](O)[C@@]4(CC(=O)CC[C@H]14)[C@H]2CC[C@H]3C. The number of hydrogen-bond acceptors (Lipinski definition) is 2. The fourth-order valence-corrected chi connectivity index (χ4v) is 7.00. The lowest BCUT2D eigenvalue weighted by Crippen LogP contribution is -2.71. The minimum atomic E-state index is -0.193. The monoisotopic (exact) mass is 262 g/mol. The molecule has 7 atom stereocenters. The molecule has 2 bridgehead atoms. The summed E-state index contributed by atoms with van der Waals surface area (Å²) in [5.74, 6) is 3.01. The standard InChI is InChI=1S/C17H26O2/c1-10-7-8-16-11(2)3-6-14(16)17(15(16)19)9-12(18)4-5-13(10)17/h10-11,13-15,19H,3-9H2,1-2H3/t10-,11-,13-,14+,15+,16-,17-/m1/s1. The van der Waals surface area contributed by atoms with Crippen molar-refractivity contribution in [2.45, 2.75) is 64.9 Å². The number of rotatable bonds is 0. The Bertz CT molecular complexity index is 431. The Morgan fingerprint density at radius 3 is 2.68 bits per heavy atom. The fraction of sp³-hybridized carbons (Fsp3) is 0.941. The Labute approximate surface area is 116 Å². The van der Waals surface area contributed by atoms with Gasteiger partial charge in [0.15, 0.2) is 0 Å². The summed E-state index contributed by atoms with van der Waals surface area (Å²) in [5, 5.41) is 11.1. The molecule has 2 heteroatoms. The molecule has 5 aliphatic rings. The van der Waals surface area contributed by atoms with Crippen LogP contribution in [0.1, 0.15) is 58.8 Å². The predicted octanol–water partition coefficient (Wildman–Crippen LogP) is 3.18. The van der Waals surface area contributed by atoms with Crippen LogP contribution in [0.4, 0.5) is 0 Å². The number of aliphatic hydroxyl groups excluding tert-OH is 1. The summed E-state index contributed by atoms with van der Waals surface area (Å²) in [5.41, 5.74) is 0.163. The van der Waals surface area contributed by atoms with E-state index in [0.717, 1.165) is 12.8 Å². The summed E-state index contributed by atoms with van der Waals surface area (Å²) in [6.45, 7) is 4.71. The molecule has 0 radical (unpaired) electrons. The highest BCUT2D eigenvalue weighted by molar-refractivity contribution is 5.80. The fourth-order valence-electron chi connectivity index (χ4n) is 7.00. The Hall–Kier alpha value is -0.370. The van der Waals surface area contributed by atoms with E-state index in [0.29, 0.717) is 35.9 Å². The highest BCUT2D eigenvalue weighted by atomic mass is 16.3. The summed E-state index contributed by atoms with van der Waals surface area (Å²) in [6, 6.07) is 0. The number of fused-ring (bicyclic) bond motifs is 2. The van der Waals surface area contributed by atoms with E-state index in [4.69, 9.17) is 0 Å². The lowest BCUT2D eigenvalue weighted by Gasteiger charge is -2.68. The van der Waals surface area contributed by atoms with Gasteiger partial charge in [-0.15, -0.1) is 0 Å². The average Bonchev–Trinajstić information content (AvgIpc) is 2.60. The van der Waals surface area contributed by atoms with Crippen molar-refractivity contribution in [1.29, 1.82) is 0 Å². The van der Waals surface area contributed by atoms with E-state index < -0.39 is 0 Å². The lowest BCUT2D eigenvalue weighted by molar-refractivity contribution is -0.268. The van der Waals surface area contributed by atoms with Gasteiger partial charge in [-0.2, -0.15) is 0 Å². The highest BCUT2D eigenvalue weighted by Crippen LogP contribution is 2.78. The van der Waals surface area contributed by atoms with Crippen molar-refractivity contribution in [2.24, 2.45) is 34.5 Å². The summed E-state index contributed by atoms with van der Waals surface area (Å²) in [6.07, 6.45) is 7.28. The number of carbonyl (C=O) groups excluding carboxylic acids is 1. The van der Waals surface area contributed by atoms with Gasteiger partial charge in [-0.25, -0.2) is 0 Å². The maximum atomic E-state index is 12.1. The van der Waals surface area contributed by atoms with E-state index in [-0.39, 0.29) is 16.9 Å². The van der Waals surface area contributed by atoms with Gasteiger partial charge >= 0.3 is 0 Å². The molecule has 5 fully saturated rings. The van der Waals surface area contributed by atoms with Crippen LogP contribution in [0.2, 0.25) is 0 Å². The number of aliphatic hydroxyl groups is 1. The van der Waals surface area contributed by atoms with Gasteiger partial charge in [-0.05, 0) is 55.8 Å². The third kappa shape index (κ3) is 1.17. The van der Waals surface area contributed by atoms with Crippen molar-refractivity contribution in [3.05, 3.63) is 0 Å². The molecular formula is C17H26O2. The van der Waals surface area contributed by atoms with E-state index in [2.05, 4.69) is 13.8 Å². The molecule has 5 saturated carbocycles. The van der Waals surface area contributed by atoms with Crippen molar-refractivity contribution in [3.8, 4) is 0 Å². The van der Waals surface area contributed by atoms with Crippen LogP contribution in [0.25, 0.3) is 0 Å². The second-order valence-corrected chi connectivity index (χ2v) is 8.03. The largest absolute Gasteiger partial charge is 0.392 e. The van der Waals surface area contributed by atoms with Crippen LogP contribution < -0.4 is 0 Å². The lowest BCUT2D eigenvalue weighted by atomic mass is 9.37. The molecule has 19 heavy (non-hydrogen) atoms. The second-order valence-electron chi connectivity index (χ2n) is 8.03. The molecule has 0 aromatic carbocycles. The Kier molecular flexibility index (Phi) is 2.37. The molecule has 1 N–H and O–H groups in total. The van der Waals surface area contributed by atoms with Crippen molar-refractivity contribution in [1.82, 2.24) is 0 Å². The van der Waals surface area contributed by atoms with Gasteiger partial charge in [0.1, 0.15) is 5.78 Å². The average molecular weight is 262 g/mol. The second kappa shape index (κ2) is 3.63. The first-order valence-corrected chi connectivity index (χ1v) is 8.23. The van der Waals surface area contributed by atoms with Gasteiger partial charge < -0.3 is 5.11 Å². The van der Waals surface area contributed by atoms with Crippen LogP contribution in [0.3, 0.4) is 0 Å². The first kappa shape index (κ1) is 12.4. The molecule has 2 spiro atoms. The molecule has 106 valence electrons. The summed E-state index contributed by atoms with van der Waals surface area (Å²) in [7, 11) is 0. The Balaban J connectivity index is 1.83. The first-order valence-electron chi connectivity index (χ1n) is 8.23. The van der Waals surface area contributed by atoms with E-state index >= 15 is 0 Å². The minimum absolute atomic E-state index is 0.0178. The molecule has 0 aromatic heterocycles. The number of ketones is 1. The molecular weight excluding hydrogens is 236 g/mol. The minimum Gasteiger partial charge on any atom is -0.392 e. The molecule has 0 heterocycles. The van der Waals surface area contributed by atoms with Crippen LogP contribution in [0.15, 0.2) is 0 Å². The van der Waals surface area contributed by atoms with E-state index in [1.165, 1.54) is 25.7 Å². The van der Waals surface area contributed by atoms with Crippen molar-refractivity contribution in [2.75, 3.05) is 0 Å². The normalized spacial score (nSPS) is 59.9. The molecule has 5 aliphatic carbocycles. The first-order chi connectivity index (χ1) is 9.03. The maximum Gasteiger partial charge on any atom is 0.133 e. The Morgan fingerprint density at radius 2 is 1.89 bits per heavy atom. The molecule has 0 aromatic rings. The summed E-state index contributed by atoms with van der Waals surface area (Å²) in [4.78, 5) is 12.1. The third-order valence-electron chi connectivity index (χ3n) is 7.77. The van der Waals surface area contributed by atoms with Crippen LogP contribution in [-0.2, 0) is 4.79 Å². The van der Waals surface area contributed by atoms with Crippen molar-refractivity contribution >= 4 is 5.78 Å². The van der Waals surface area contributed by atoms with Crippen LogP contribution in [-0.4, -0.2) is 17.0 Å². The summed E-state index contributed by atoms with van der Waals surface area (Å²) >= 11 is 0. The number of carbonyl (C=O) groups is 1. The molecule has 0 saturated heterocycles. The number of hydrogen-bond donors (Lipinski definition) is 1. The van der Waals surface area contributed by atoms with Crippen molar-refractivity contribution < 1.29 is 9.90 Å². The number of Topliss-reactive ketones (excluding diaryl/α,β-unsaturated/α-hetero) is 1. The van der Waals surface area contributed by atoms with Crippen LogP contribution in [0, 0.1) is 34.5 Å². The topological polar surface area (TPSA) is 37.3 Å². The molecule has 0 unspecified atom stereocenters. The zero-order chi connectivity index (χ0) is 13.4. The molecule has 0 aliphatic heterocycles. The van der Waals surface area contributed by atoms with Crippen molar-refractivity contribution in [3.63, 3.8) is 0 Å². The van der Waals surface area contributed by atoms with Gasteiger partial charge in [-0.3, -0.25) is 4.79 Å². The maximum absolute atomic E-state index is 12.1. The van der Waals surface area contributed by atoms with Crippen LogP contribution >= 0.6 is 0 Å². The van der Waals surface area contributed by atoms with E-state index in [1.807, 2.05) is 0 Å². The predicted molar refractivity (Wildman–Crippen MR) is 73.5 cm³/mol. The van der Waals surface area contributed by atoms with Gasteiger partial charge in [0.25, 0.3) is 0 Å². The molecule has 0 amide bonds. The van der Waals surface area contributed by atoms with Gasteiger partial charge in [0.05, 0.1) is 6.10 Å². The van der Waals surface area contributed by atoms with Gasteiger partial charge in [-0.1, -0.05) is 13.8 Å². The van der Waals surface area contributed by atoms with E-state index in [9.17, 15) is 9.90 Å². The quantitative estimate of drug-likeness (QED) is 0.728. The third-order valence-corrected chi connectivity index (χ3v) is 7.77. The summed E-state index contributed by atoms with van der Waals surface area (Å²) < 4.78 is 0. The van der Waals surface area contributed by atoms with Gasteiger partial charge in [0.2, 0.25) is 0 Å². The van der Waals surface area contributed by atoms with E-state index in [1.54, 1.807) is 0 Å². The Morgan fingerprint density at radius 1 is 1.11 bits per heavy atom. The molecule has 2 nitrogen and oxygen atoms in total. The zero-order valence-electron chi connectivity index (χ0n) is 12.2. The van der Waals surface area contributed by atoms with Gasteiger partial charge in [0, 0.05) is 23.7 Å². The highest BCUT2D eigenvalue weighted by Gasteiger charge is 2.77. The molecule has 5 rings (SSSR count).